The summed E-state index contributed by atoms with van der Waals surface area (Å²) in [6.45, 7) is 8.48. The molecule has 118 valence electrons. The van der Waals surface area contributed by atoms with Gasteiger partial charge in [-0.3, -0.25) is 0 Å². The molecule has 1 saturated heterocycles. The summed E-state index contributed by atoms with van der Waals surface area (Å²) in [4.78, 5) is 2.49. The summed E-state index contributed by atoms with van der Waals surface area (Å²) >= 11 is 0. The van der Waals surface area contributed by atoms with Gasteiger partial charge in [-0.2, -0.15) is 0 Å². The topological polar surface area (TPSA) is 24.5 Å². The van der Waals surface area contributed by atoms with Gasteiger partial charge in [-0.25, -0.2) is 0 Å². The zero-order valence-electron chi connectivity index (χ0n) is 13.7. The van der Waals surface area contributed by atoms with Crippen LogP contribution in [0.15, 0.2) is 30.3 Å². The molecule has 1 aromatic rings. The monoisotopic (exact) mass is 290 g/mol. The van der Waals surface area contributed by atoms with Gasteiger partial charge in [0.05, 0.1) is 6.61 Å². The van der Waals surface area contributed by atoms with E-state index in [1.165, 1.54) is 18.4 Å². The molecule has 0 saturated carbocycles. The molecule has 21 heavy (non-hydrogen) atoms. The summed E-state index contributed by atoms with van der Waals surface area (Å²) < 4.78 is 5.61. The lowest BCUT2D eigenvalue weighted by Gasteiger charge is -2.36. The van der Waals surface area contributed by atoms with Crippen LogP contribution in [0, 0.1) is 5.92 Å². The molecule has 1 heterocycles. The normalized spacial score (nSPS) is 22.2. The van der Waals surface area contributed by atoms with Gasteiger partial charge in [0.2, 0.25) is 0 Å². The van der Waals surface area contributed by atoms with Crippen molar-refractivity contribution in [2.75, 3.05) is 33.4 Å². The van der Waals surface area contributed by atoms with Crippen LogP contribution >= 0.6 is 0 Å². The number of hydrogen-bond donors (Lipinski definition) is 1. The average Bonchev–Trinajstić information content (AvgIpc) is 2.53. The molecule has 3 unspecified atom stereocenters. The van der Waals surface area contributed by atoms with Gasteiger partial charge in [-0.1, -0.05) is 37.3 Å². The van der Waals surface area contributed by atoms with E-state index in [0.717, 1.165) is 26.3 Å². The molecule has 1 fully saturated rings. The van der Waals surface area contributed by atoms with Gasteiger partial charge in [0.15, 0.2) is 0 Å². The lowest BCUT2D eigenvalue weighted by atomic mass is 9.97. The Balaban J connectivity index is 1.98. The van der Waals surface area contributed by atoms with Crippen molar-refractivity contribution in [3.63, 3.8) is 0 Å². The number of hydrogen-bond acceptors (Lipinski definition) is 3. The van der Waals surface area contributed by atoms with Gasteiger partial charge in [-0.05, 0) is 44.8 Å². The van der Waals surface area contributed by atoms with Gasteiger partial charge in [0.25, 0.3) is 0 Å². The van der Waals surface area contributed by atoms with E-state index in [2.05, 4.69) is 61.4 Å². The van der Waals surface area contributed by atoms with Gasteiger partial charge in [0, 0.05) is 25.2 Å². The minimum absolute atomic E-state index is 0.380. The SMILES string of the molecule is CCNC(c1ccccc1)C(C)N(C)CC1CCCOC1. The van der Waals surface area contributed by atoms with Gasteiger partial charge in [-0.15, -0.1) is 0 Å². The first-order chi connectivity index (χ1) is 10.2. The lowest BCUT2D eigenvalue weighted by Crippen LogP contribution is -2.43. The van der Waals surface area contributed by atoms with Crippen molar-refractivity contribution in [3.05, 3.63) is 35.9 Å². The zero-order valence-corrected chi connectivity index (χ0v) is 13.7. The van der Waals surface area contributed by atoms with Crippen LogP contribution in [0.25, 0.3) is 0 Å². The molecular weight excluding hydrogens is 260 g/mol. The minimum atomic E-state index is 0.380. The first kappa shape index (κ1) is 16.5. The van der Waals surface area contributed by atoms with Crippen molar-refractivity contribution in [1.29, 1.82) is 0 Å². The Morgan fingerprint density at radius 3 is 2.71 bits per heavy atom. The largest absolute Gasteiger partial charge is 0.381 e. The maximum Gasteiger partial charge on any atom is 0.0506 e. The number of benzene rings is 1. The molecule has 0 aliphatic carbocycles. The van der Waals surface area contributed by atoms with E-state index in [0.29, 0.717) is 18.0 Å². The predicted octanol–water partition coefficient (Wildman–Crippen LogP) is 3.08. The molecule has 0 spiro atoms. The third-order valence-electron chi connectivity index (χ3n) is 4.56. The van der Waals surface area contributed by atoms with Gasteiger partial charge in [0.1, 0.15) is 0 Å². The van der Waals surface area contributed by atoms with Crippen LogP contribution in [0.4, 0.5) is 0 Å². The van der Waals surface area contributed by atoms with Crippen molar-refractivity contribution >= 4 is 0 Å². The zero-order chi connectivity index (χ0) is 15.1. The predicted molar refractivity (Wildman–Crippen MR) is 88.5 cm³/mol. The number of rotatable bonds is 7. The fourth-order valence-corrected chi connectivity index (χ4v) is 3.23. The van der Waals surface area contributed by atoms with E-state index in [4.69, 9.17) is 4.74 Å². The third kappa shape index (κ3) is 4.80. The molecule has 3 heteroatoms. The summed E-state index contributed by atoms with van der Waals surface area (Å²) in [6, 6.07) is 11.6. The van der Waals surface area contributed by atoms with E-state index in [-0.39, 0.29) is 0 Å². The highest BCUT2D eigenvalue weighted by Gasteiger charge is 2.24. The number of ether oxygens (including phenoxy) is 1. The molecule has 1 aromatic carbocycles. The minimum Gasteiger partial charge on any atom is -0.381 e. The van der Waals surface area contributed by atoms with Crippen molar-refractivity contribution in [3.8, 4) is 0 Å². The first-order valence-electron chi connectivity index (χ1n) is 8.28. The van der Waals surface area contributed by atoms with Crippen molar-refractivity contribution in [1.82, 2.24) is 10.2 Å². The van der Waals surface area contributed by atoms with Crippen LogP contribution in [-0.2, 0) is 4.74 Å². The van der Waals surface area contributed by atoms with Gasteiger partial charge >= 0.3 is 0 Å². The number of likely N-dealkylation sites (N-methyl/N-ethyl adjacent to an activating group) is 2. The second-order valence-electron chi connectivity index (χ2n) is 6.21. The molecule has 1 N–H and O–H groups in total. The molecule has 0 aromatic heterocycles. The van der Waals surface area contributed by atoms with Crippen LogP contribution < -0.4 is 5.32 Å². The Morgan fingerprint density at radius 2 is 2.10 bits per heavy atom. The summed E-state index contributed by atoms with van der Waals surface area (Å²) in [5.41, 5.74) is 1.37. The maximum absolute atomic E-state index is 5.61. The first-order valence-corrected chi connectivity index (χ1v) is 8.28. The van der Waals surface area contributed by atoms with E-state index < -0.39 is 0 Å². The van der Waals surface area contributed by atoms with Crippen LogP contribution in [-0.4, -0.2) is 44.3 Å². The third-order valence-corrected chi connectivity index (χ3v) is 4.56. The average molecular weight is 290 g/mol. The van der Waals surface area contributed by atoms with Crippen molar-refractivity contribution in [2.24, 2.45) is 5.92 Å². The fraction of sp³-hybridized carbons (Fsp3) is 0.667. The van der Waals surface area contributed by atoms with E-state index in [1.807, 2.05) is 0 Å². The highest BCUT2D eigenvalue weighted by Crippen LogP contribution is 2.22. The molecule has 1 aliphatic rings. The molecule has 3 nitrogen and oxygen atoms in total. The summed E-state index contributed by atoms with van der Waals surface area (Å²) in [7, 11) is 2.24. The number of nitrogens with one attached hydrogen (secondary N) is 1. The molecule has 3 atom stereocenters. The molecule has 0 bridgehead atoms. The fourth-order valence-electron chi connectivity index (χ4n) is 3.23. The Labute approximate surface area is 129 Å². The second kappa shape index (κ2) is 8.52. The van der Waals surface area contributed by atoms with E-state index in [9.17, 15) is 0 Å². The molecule has 1 aliphatic heterocycles. The Hall–Kier alpha value is -0.900. The van der Waals surface area contributed by atoms with Crippen LogP contribution in [0.1, 0.15) is 38.3 Å². The molecule has 0 amide bonds. The summed E-state index contributed by atoms with van der Waals surface area (Å²) in [5, 5.41) is 3.64. The van der Waals surface area contributed by atoms with Crippen molar-refractivity contribution < 1.29 is 4.74 Å². The van der Waals surface area contributed by atoms with Crippen molar-refractivity contribution in [2.45, 2.75) is 38.8 Å². The van der Waals surface area contributed by atoms with Crippen LogP contribution in [0.3, 0.4) is 0 Å². The van der Waals surface area contributed by atoms with Gasteiger partial charge < -0.3 is 15.0 Å². The lowest BCUT2D eigenvalue weighted by molar-refractivity contribution is 0.0345. The highest BCUT2D eigenvalue weighted by molar-refractivity contribution is 5.20. The van der Waals surface area contributed by atoms with Crippen LogP contribution in [0.5, 0.6) is 0 Å². The summed E-state index contributed by atoms with van der Waals surface area (Å²) in [5.74, 6) is 0.684. The van der Waals surface area contributed by atoms with E-state index in [1.54, 1.807) is 0 Å². The smallest absolute Gasteiger partial charge is 0.0506 e. The van der Waals surface area contributed by atoms with Crippen LogP contribution in [0.2, 0.25) is 0 Å². The number of nitrogens with zero attached hydrogens (tertiary/aromatic N) is 1. The Kier molecular flexibility index (Phi) is 6.68. The molecule has 2 rings (SSSR count). The second-order valence-corrected chi connectivity index (χ2v) is 6.21. The maximum atomic E-state index is 5.61. The Bertz CT molecular complexity index is 389. The molecular formula is C18H30N2O. The quantitative estimate of drug-likeness (QED) is 0.835. The van der Waals surface area contributed by atoms with E-state index >= 15 is 0 Å². The summed E-state index contributed by atoms with van der Waals surface area (Å²) in [6.07, 6.45) is 2.51. The standard InChI is InChI=1S/C18H30N2O/c1-4-19-18(17-10-6-5-7-11-17)15(2)20(3)13-16-9-8-12-21-14-16/h5-7,10-11,15-16,18-19H,4,8-9,12-14H2,1-3H3. The molecule has 0 radical (unpaired) electrons. The Morgan fingerprint density at radius 1 is 1.33 bits per heavy atom. The highest BCUT2D eigenvalue weighted by atomic mass is 16.5.